The molecule has 0 aliphatic carbocycles. The number of unbranched alkanes of at least 4 members (excludes halogenated alkanes) is 2. The van der Waals surface area contributed by atoms with Crippen molar-refractivity contribution in [2.75, 3.05) is 6.61 Å². The minimum atomic E-state index is -0.773. The van der Waals surface area contributed by atoms with E-state index in [0.717, 1.165) is 36.3 Å². The molecule has 2 aromatic carbocycles. The van der Waals surface area contributed by atoms with Gasteiger partial charge in [0.15, 0.2) is 0 Å². The number of carbonyl (C=O) groups is 1. The summed E-state index contributed by atoms with van der Waals surface area (Å²) in [4.78, 5) is 11.5. The Bertz CT molecular complexity index is 709. The molecule has 0 aromatic heterocycles. The van der Waals surface area contributed by atoms with Gasteiger partial charge in [0.25, 0.3) is 0 Å². The lowest BCUT2D eigenvalue weighted by atomic mass is 9.93. The predicted octanol–water partition coefficient (Wildman–Crippen LogP) is 6.25. The first-order chi connectivity index (χ1) is 12.6. The van der Waals surface area contributed by atoms with Crippen LogP contribution in [0.5, 0.6) is 5.75 Å². The maximum Gasteiger partial charge on any atom is 0.310 e. The summed E-state index contributed by atoms with van der Waals surface area (Å²) in [5, 5.41) is 17.9. The maximum absolute atomic E-state index is 11.5. The van der Waals surface area contributed by atoms with Crippen molar-refractivity contribution in [2.24, 2.45) is 10.2 Å². The van der Waals surface area contributed by atoms with Gasteiger partial charge in [-0.2, -0.15) is 10.2 Å². The minimum Gasteiger partial charge on any atom is -0.494 e. The molecule has 0 aliphatic heterocycles. The first-order valence-electron chi connectivity index (χ1n) is 9.11. The fraction of sp³-hybridized carbons (Fsp3) is 0.381. The topological polar surface area (TPSA) is 71.2 Å². The van der Waals surface area contributed by atoms with Crippen LogP contribution in [0.2, 0.25) is 0 Å². The fourth-order valence-corrected chi connectivity index (χ4v) is 2.70. The van der Waals surface area contributed by atoms with Gasteiger partial charge in [0.1, 0.15) is 5.75 Å². The molecule has 0 fully saturated rings. The molecule has 0 radical (unpaired) electrons. The van der Waals surface area contributed by atoms with E-state index in [4.69, 9.17) is 4.74 Å². The number of carboxylic acids is 1. The summed E-state index contributed by atoms with van der Waals surface area (Å²) in [5.41, 5.74) is 2.24. The van der Waals surface area contributed by atoms with Crippen LogP contribution in [0, 0.1) is 0 Å². The Kier molecular flexibility index (Phi) is 7.80. The number of azo groups is 1. The lowest BCUT2D eigenvalue weighted by molar-refractivity contribution is -0.139. The summed E-state index contributed by atoms with van der Waals surface area (Å²) in [6, 6.07) is 14.7. The van der Waals surface area contributed by atoms with Gasteiger partial charge in [-0.3, -0.25) is 4.79 Å². The maximum atomic E-state index is 11.5. The first kappa shape index (κ1) is 19.6. The Morgan fingerprint density at radius 3 is 2.04 bits per heavy atom. The summed E-state index contributed by atoms with van der Waals surface area (Å²) >= 11 is 0. The quantitative estimate of drug-likeness (QED) is 0.405. The number of aliphatic carboxylic acids is 1. The Morgan fingerprint density at radius 1 is 0.962 bits per heavy atom. The van der Waals surface area contributed by atoms with Crippen LogP contribution in [-0.2, 0) is 4.79 Å². The normalized spacial score (nSPS) is 12.2. The Morgan fingerprint density at radius 2 is 1.54 bits per heavy atom. The average Bonchev–Trinajstić information content (AvgIpc) is 2.65. The summed E-state index contributed by atoms with van der Waals surface area (Å²) < 4.78 is 5.39. The molecular formula is C21H26N2O3. The van der Waals surface area contributed by atoms with Crippen LogP contribution in [-0.4, -0.2) is 17.7 Å². The molecule has 0 heterocycles. The zero-order valence-electron chi connectivity index (χ0n) is 15.4. The number of ether oxygens (including phenoxy) is 1. The molecule has 1 atom stereocenters. The third kappa shape index (κ3) is 5.99. The van der Waals surface area contributed by atoms with Crippen molar-refractivity contribution in [3.8, 4) is 5.75 Å². The highest BCUT2D eigenvalue weighted by molar-refractivity contribution is 5.76. The number of nitrogens with zero attached hydrogens (tertiary/aromatic N) is 2. The smallest absolute Gasteiger partial charge is 0.310 e. The minimum absolute atomic E-state index is 0.460. The standard InChI is InChI=1S/C21H26N2O3/c1-3-5-6-7-20(21(24)25)16-8-10-17(11-9-16)22-23-18-12-14-19(15-13-18)26-4-2/h8-15,20H,3-7H2,1-2H3,(H,24,25). The number of hydrogen-bond acceptors (Lipinski definition) is 4. The molecule has 2 aromatic rings. The van der Waals surface area contributed by atoms with Gasteiger partial charge in [0.2, 0.25) is 0 Å². The van der Waals surface area contributed by atoms with E-state index < -0.39 is 11.9 Å². The van der Waals surface area contributed by atoms with Gasteiger partial charge in [-0.25, -0.2) is 0 Å². The van der Waals surface area contributed by atoms with E-state index in [1.165, 1.54) is 0 Å². The van der Waals surface area contributed by atoms with E-state index in [1.807, 2.05) is 55.5 Å². The number of carboxylic acid groups (broad SMARTS) is 1. The van der Waals surface area contributed by atoms with E-state index in [-0.39, 0.29) is 0 Å². The molecule has 1 N–H and O–H groups in total. The third-order valence-corrected chi connectivity index (χ3v) is 4.12. The van der Waals surface area contributed by atoms with Crippen molar-refractivity contribution >= 4 is 17.3 Å². The first-order valence-corrected chi connectivity index (χ1v) is 9.11. The molecule has 26 heavy (non-hydrogen) atoms. The molecular weight excluding hydrogens is 328 g/mol. The second-order valence-electron chi connectivity index (χ2n) is 6.11. The molecule has 0 saturated carbocycles. The molecule has 0 bridgehead atoms. The van der Waals surface area contributed by atoms with E-state index in [9.17, 15) is 9.90 Å². The molecule has 0 spiro atoms. The van der Waals surface area contributed by atoms with Crippen LogP contribution in [0.15, 0.2) is 58.8 Å². The monoisotopic (exact) mass is 354 g/mol. The van der Waals surface area contributed by atoms with Gasteiger partial charge in [0, 0.05) is 0 Å². The van der Waals surface area contributed by atoms with Crippen molar-refractivity contribution < 1.29 is 14.6 Å². The summed E-state index contributed by atoms with van der Waals surface area (Å²) in [5.74, 6) is -0.429. The lowest BCUT2D eigenvalue weighted by Gasteiger charge is -2.12. The van der Waals surface area contributed by atoms with E-state index >= 15 is 0 Å². The molecule has 0 saturated heterocycles. The Balaban J connectivity index is 2.02. The molecule has 0 amide bonds. The highest BCUT2D eigenvalue weighted by Crippen LogP contribution is 2.26. The van der Waals surface area contributed by atoms with Gasteiger partial charge in [-0.05, 0) is 55.3 Å². The number of rotatable bonds is 10. The summed E-state index contributed by atoms with van der Waals surface area (Å²) in [6.07, 6.45) is 3.72. The predicted molar refractivity (Wildman–Crippen MR) is 103 cm³/mol. The molecule has 1 unspecified atom stereocenters. The lowest BCUT2D eigenvalue weighted by Crippen LogP contribution is -2.11. The van der Waals surface area contributed by atoms with Crippen molar-refractivity contribution in [1.29, 1.82) is 0 Å². The zero-order chi connectivity index (χ0) is 18.8. The van der Waals surface area contributed by atoms with Gasteiger partial charge < -0.3 is 9.84 Å². The van der Waals surface area contributed by atoms with Crippen LogP contribution in [0.1, 0.15) is 51.0 Å². The van der Waals surface area contributed by atoms with Crippen LogP contribution in [0.25, 0.3) is 0 Å². The van der Waals surface area contributed by atoms with Crippen molar-refractivity contribution in [2.45, 2.75) is 45.4 Å². The van der Waals surface area contributed by atoms with Crippen LogP contribution in [0.4, 0.5) is 11.4 Å². The van der Waals surface area contributed by atoms with Crippen LogP contribution >= 0.6 is 0 Å². The highest BCUT2D eigenvalue weighted by atomic mass is 16.5. The Labute approximate surface area is 154 Å². The van der Waals surface area contributed by atoms with Gasteiger partial charge in [-0.15, -0.1) is 0 Å². The molecule has 5 heteroatoms. The SMILES string of the molecule is CCCCCC(C(=O)O)c1ccc(N=Nc2ccc(OCC)cc2)cc1. The number of hydrogen-bond donors (Lipinski definition) is 1. The van der Waals surface area contributed by atoms with Crippen LogP contribution in [0.3, 0.4) is 0 Å². The van der Waals surface area contributed by atoms with E-state index in [0.29, 0.717) is 18.7 Å². The highest BCUT2D eigenvalue weighted by Gasteiger charge is 2.18. The second kappa shape index (κ2) is 10.3. The second-order valence-corrected chi connectivity index (χ2v) is 6.11. The van der Waals surface area contributed by atoms with Crippen molar-refractivity contribution in [3.05, 3.63) is 54.1 Å². The molecule has 5 nitrogen and oxygen atoms in total. The third-order valence-electron chi connectivity index (χ3n) is 4.12. The van der Waals surface area contributed by atoms with Gasteiger partial charge in [-0.1, -0.05) is 38.3 Å². The van der Waals surface area contributed by atoms with Gasteiger partial charge >= 0.3 is 5.97 Å². The van der Waals surface area contributed by atoms with Crippen LogP contribution < -0.4 is 4.74 Å². The summed E-state index contributed by atoms with van der Waals surface area (Å²) in [7, 11) is 0. The van der Waals surface area contributed by atoms with Crippen molar-refractivity contribution in [3.63, 3.8) is 0 Å². The van der Waals surface area contributed by atoms with E-state index in [2.05, 4.69) is 17.2 Å². The Hall–Kier alpha value is -2.69. The number of benzene rings is 2. The van der Waals surface area contributed by atoms with E-state index in [1.54, 1.807) is 0 Å². The zero-order valence-corrected chi connectivity index (χ0v) is 15.4. The average molecular weight is 354 g/mol. The molecule has 138 valence electrons. The summed E-state index contributed by atoms with van der Waals surface area (Å²) in [6.45, 7) is 4.68. The van der Waals surface area contributed by atoms with Crippen molar-refractivity contribution in [1.82, 2.24) is 0 Å². The fourth-order valence-electron chi connectivity index (χ4n) is 2.70. The molecule has 0 aliphatic rings. The molecule has 2 rings (SSSR count). The van der Waals surface area contributed by atoms with Gasteiger partial charge in [0.05, 0.1) is 23.9 Å². The largest absolute Gasteiger partial charge is 0.494 e.